The van der Waals surface area contributed by atoms with E-state index in [0.29, 0.717) is 5.41 Å². The molecule has 2 aromatic rings. The second-order valence-corrected chi connectivity index (χ2v) is 9.01. The molecule has 0 aliphatic heterocycles. The first-order valence-electron chi connectivity index (χ1n) is 9.97. The summed E-state index contributed by atoms with van der Waals surface area (Å²) in [5.41, 5.74) is 7.58. The van der Waals surface area contributed by atoms with Gasteiger partial charge in [-0.1, -0.05) is 74.0 Å². The van der Waals surface area contributed by atoms with Gasteiger partial charge in [-0.2, -0.15) is 0 Å². The number of likely N-dealkylation sites (N-methyl/N-ethyl adjacent to an activating group) is 1. The maximum Gasteiger partial charge on any atom is 0.0234 e. The van der Waals surface area contributed by atoms with E-state index in [1.165, 1.54) is 35.1 Å². The van der Waals surface area contributed by atoms with Crippen molar-refractivity contribution >= 4 is 0 Å². The third kappa shape index (κ3) is 3.14. The van der Waals surface area contributed by atoms with Gasteiger partial charge in [-0.15, -0.1) is 0 Å². The van der Waals surface area contributed by atoms with Crippen molar-refractivity contribution in [3.8, 4) is 11.1 Å². The average molecular weight is 346 g/mol. The molecule has 0 aromatic heterocycles. The number of allylic oxidation sites excluding steroid dienone is 1. The molecule has 1 nitrogen and oxygen atoms in total. The lowest BCUT2D eigenvalue weighted by Crippen LogP contribution is -2.49. The van der Waals surface area contributed by atoms with Crippen LogP contribution in [0, 0.1) is 24.2 Å². The number of aryl methyl sites for hydroxylation is 1. The molecule has 1 fully saturated rings. The van der Waals surface area contributed by atoms with Gasteiger partial charge in [-0.25, -0.2) is 0 Å². The van der Waals surface area contributed by atoms with Crippen molar-refractivity contribution in [2.24, 2.45) is 17.3 Å². The Bertz CT molecular complexity index is 812. The largest absolute Gasteiger partial charge is 0.298 e. The molecule has 2 bridgehead atoms. The molecule has 1 saturated carbocycles. The highest BCUT2D eigenvalue weighted by atomic mass is 15.1. The van der Waals surface area contributed by atoms with Crippen molar-refractivity contribution in [2.45, 2.75) is 40.2 Å². The SMILES string of the molecule is Cc1ccccc1-c1ccc(CN(C)CC2=CC[C@H]3C[C@@H]2C3(C)C)cc1. The zero-order chi connectivity index (χ0) is 18.3. The lowest BCUT2D eigenvalue weighted by atomic mass is 9.49. The van der Waals surface area contributed by atoms with Crippen LogP contribution in [0.5, 0.6) is 0 Å². The average Bonchev–Trinajstić information content (AvgIpc) is 2.63. The van der Waals surface area contributed by atoms with Gasteiger partial charge in [0.2, 0.25) is 0 Å². The van der Waals surface area contributed by atoms with E-state index in [1.807, 2.05) is 0 Å². The summed E-state index contributed by atoms with van der Waals surface area (Å²) in [4.78, 5) is 2.48. The van der Waals surface area contributed by atoms with E-state index in [1.54, 1.807) is 5.57 Å². The molecule has 0 amide bonds. The molecule has 2 aromatic carbocycles. The molecule has 26 heavy (non-hydrogen) atoms. The van der Waals surface area contributed by atoms with Crippen molar-refractivity contribution < 1.29 is 0 Å². The van der Waals surface area contributed by atoms with Crippen LogP contribution in [0.1, 0.15) is 37.8 Å². The summed E-state index contributed by atoms with van der Waals surface area (Å²) in [6, 6.07) is 17.7. The van der Waals surface area contributed by atoms with E-state index in [0.717, 1.165) is 24.9 Å². The normalized spacial score (nSPS) is 23.5. The Hall–Kier alpha value is -1.86. The van der Waals surface area contributed by atoms with Gasteiger partial charge in [0, 0.05) is 13.1 Å². The highest BCUT2D eigenvalue weighted by Gasteiger charge is 2.50. The molecule has 0 saturated heterocycles. The zero-order valence-corrected chi connectivity index (χ0v) is 16.6. The topological polar surface area (TPSA) is 3.24 Å². The third-order valence-electron chi connectivity index (χ3n) is 6.90. The maximum absolute atomic E-state index is 2.53. The quantitative estimate of drug-likeness (QED) is 0.593. The Morgan fingerprint density at radius 1 is 1.00 bits per heavy atom. The summed E-state index contributed by atoms with van der Waals surface area (Å²) in [6.45, 7) is 9.23. The molecule has 5 rings (SSSR count). The molecule has 0 spiro atoms. The predicted octanol–water partition coefficient (Wildman–Crippen LogP) is 6.09. The Labute approximate surface area is 158 Å². The molecule has 0 unspecified atom stereocenters. The van der Waals surface area contributed by atoms with Gasteiger partial charge in [0.25, 0.3) is 0 Å². The van der Waals surface area contributed by atoms with Crippen molar-refractivity contribution in [3.63, 3.8) is 0 Å². The first kappa shape index (κ1) is 17.5. The summed E-state index contributed by atoms with van der Waals surface area (Å²) in [7, 11) is 2.26. The minimum Gasteiger partial charge on any atom is -0.298 e. The second-order valence-electron chi connectivity index (χ2n) is 9.01. The molecule has 136 valence electrons. The van der Waals surface area contributed by atoms with Gasteiger partial charge < -0.3 is 0 Å². The lowest BCUT2D eigenvalue weighted by molar-refractivity contribution is -0.0101. The van der Waals surface area contributed by atoms with E-state index in [2.05, 4.69) is 87.3 Å². The Morgan fingerprint density at radius 2 is 1.73 bits per heavy atom. The van der Waals surface area contributed by atoms with Gasteiger partial charge in [0.05, 0.1) is 0 Å². The van der Waals surface area contributed by atoms with Crippen LogP contribution < -0.4 is 0 Å². The molecular weight excluding hydrogens is 314 g/mol. The molecule has 0 radical (unpaired) electrons. The fourth-order valence-electron chi connectivity index (χ4n) is 5.02. The molecule has 1 heteroatoms. The number of benzene rings is 2. The van der Waals surface area contributed by atoms with E-state index in [9.17, 15) is 0 Å². The zero-order valence-electron chi connectivity index (χ0n) is 16.6. The smallest absolute Gasteiger partial charge is 0.0234 e. The third-order valence-corrected chi connectivity index (χ3v) is 6.90. The van der Waals surface area contributed by atoms with Gasteiger partial charge >= 0.3 is 0 Å². The summed E-state index contributed by atoms with van der Waals surface area (Å²) >= 11 is 0. The van der Waals surface area contributed by atoms with Gasteiger partial charge in [0.1, 0.15) is 0 Å². The van der Waals surface area contributed by atoms with Crippen LogP contribution in [-0.4, -0.2) is 18.5 Å². The summed E-state index contributed by atoms with van der Waals surface area (Å²) < 4.78 is 0. The van der Waals surface area contributed by atoms with Crippen LogP contribution in [0.25, 0.3) is 11.1 Å². The van der Waals surface area contributed by atoms with Crippen LogP contribution in [0.4, 0.5) is 0 Å². The highest BCUT2D eigenvalue weighted by molar-refractivity contribution is 5.67. The van der Waals surface area contributed by atoms with Crippen LogP contribution in [0.3, 0.4) is 0 Å². The molecule has 2 atom stereocenters. The number of nitrogens with zero attached hydrogens (tertiary/aromatic N) is 1. The maximum atomic E-state index is 2.53. The summed E-state index contributed by atoms with van der Waals surface area (Å²) in [5, 5.41) is 0. The lowest BCUT2D eigenvalue weighted by Gasteiger charge is -2.57. The number of hydrogen-bond acceptors (Lipinski definition) is 1. The van der Waals surface area contributed by atoms with Crippen LogP contribution in [0.15, 0.2) is 60.2 Å². The van der Waals surface area contributed by atoms with Crippen molar-refractivity contribution in [3.05, 3.63) is 71.3 Å². The van der Waals surface area contributed by atoms with Crippen molar-refractivity contribution in [1.82, 2.24) is 4.90 Å². The van der Waals surface area contributed by atoms with Gasteiger partial charge in [0.15, 0.2) is 0 Å². The van der Waals surface area contributed by atoms with Crippen molar-refractivity contribution in [1.29, 1.82) is 0 Å². The first-order valence-corrected chi connectivity index (χ1v) is 9.97. The molecular formula is C25H31N. The van der Waals surface area contributed by atoms with Crippen LogP contribution in [-0.2, 0) is 6.54 Å². The summed E-state index contributed by atoms with van der Waals surface area (Å²) in [6.07, 6.45) is 5.23. The molecule has 0 heterocycles. The first-order chi connectivity index (χ1) is 12.4. The fourth-order valence-corrected chi connectivity index (χ4v) is 5.02. The summed E-state index contributed by atoms with van der Waals surface area (Å²) in [5.74, 6) is 1.74. The highest BCUT2D eigenvalue weighted by Crippen LogP contribution is 2.59. The molecule has 3 aliphatic carbocycles. The standard InChI is InChI=1S/C25H31N/c1-18-7-5-6-8-23(18)20-11-9-19(10-12-20)16-26(4)17-21-13-14-22-15-24(21)25(22,2)3/h5-13,22,24H,14-17H2,1-4H3/t22-,24-/m0/s1. The minimum atomic E-state index is 0.528. The van der Waals surface area contributed by atoms with E-state index < -0.39 is 0 Å². The molecule has 3 aliphatic rings. The number of fused-ring (bicyclic) bond motifs is 1. The van der Waals surface area contributed by atoms with E-state index in [4.69, 9.17) is 0 Å². The van der Waals surface area contributed by atoms with Crippen molar-refractivity contribution in [2.75, 3.05) is 13.6 Å². The number of rotatable bonds is 5. The van der Waals surface area contributed by atoms with E-state index >= 15 is 0 Å². The predicted molar refractivity (Wildman–Crippen MR) is 111 cm³/mol. The van der Waals surface area contributed by atoms with Crippen LogP contribution in [0.2, 0.25) is 0 Å². The van der Waals surface area contributed by atoms with Gasteiger partial charge in [-0.05, 0) is 66.3 Å². The van der Waals surface area contributed by atoms with Crippen LogP contribution >= 0.6 is 0 Å². The Balaban J connectivity index is 1.40. The Morgan fingerprint density at radius 3 is 2.38 bits per heavy atom. The monoisotopic (exact) mass is 345 g/mol. The Kier molecular flexibility index (Phi) is 4.52. The minimum absolute atomic E-state index is 0.528. The second kappa shape index (κ2) is 6.70. The molecule has 0 N–H and O–H groups in total. The number of hydrogen-bond donors (Lipinski definition) is 0. The van der Waals surface area contributed by atoms with E-state index in [-0.39, 0.29) is 0 Å². The van der Waals surface area contributed by atoms with Gasteiger partial charge in [-0.3, -0.25) is 4.90 Å². The fraction of sp³-hybridized carbons (Fsp3) is 0.440.